The minimum atomic E-state index is -0.768. The summed E-state index contributed by atoms with van der Waals surface area (Å²) in [5.74, 6) is -0.391. The smallest absolute Gasteiger partial charge is 0.255 e. The van der Waals surface area contributed by atoms with Crippen molar-refractivity contribution in [2.24, 2.45) is 5.92 Å². The van der Waals surface area contributed by atoms with Crippen molar-refractivity contribution in [1.82, 2.24) is 15.5 Å². The minimum absolute atomic E-state index is 0.125. The van der Waals surface area contributed by atoms with E-state index in [1.807, 2.05) is 54.6 Å². The van der Waals surface area contributed by atoms with Crippen molar-refractivity contribution in [3.63, 3.8) is 0 Å². The standard InChI is InChI=1S/C29H30N4O3/c34-26(30-17-22-15-16-32(19-22)23-11-5-2-6-12-23)18-31-28(35)27-24-13-7-8-14-25(24)29(36)33(27)20-21-9-3-1-4-10-21/h1-14,22,27H,15-20H2,(H,30,34)(H,31,35). The van der Waals surface area contributed by atoms with Gasteiger partial charge in [0, 0.05) is 37.4 Å². The highest BCUT2D eigenvalue weighted by atomic mass is 16.2. The number of amides is 3. The normalized spacial score (nSPS) is 18.7. The highest BCUT2D eigenvalue weighted by Gasteiger charge is 2.40. The molecule has 184 valence electrons. The first kappa shape index (κ1) is 23.6. The monoisotopic (exact) mass is 482 g/mol. The van der Waals surface area contributed by atoms with Gasteiger partial charge in [-0.25, -0.2) is 0 Å². The molecule has 2 unspecified atom stereocenters. The lowest BCUT2D eigenvalue weighted by Gasteiger charge is -2.24. The fourth-order valence-electron chi connectivity index (χ4n) is 5.05. The number of nitrogens with zero attached hydrogens (tertiary/aromatic N) is 2. The van der Waals surface area contributed by atoms with Crippen molar-refractivity contribution in [3.05, 3.63) is 102 Å². The topological polar surface area (TPSA) is 81.8 Å². The Morgan fingerprint density at radius 3 is 2.33 bits per heavy atom. The van der Waals surface area contributed by atoms with Crippen LogP contribution in [0.3, 0.4) is 0 Å². The predicted octanol–water partition coefficient (Wildman–Crippen LogP) is 3.14. The number of carbonyl (C=O) groups excluding carboxylic acids is 3. The fourth-order valence-corrected chi connectivity index (χ4v) is 5.05. The first-order valence-corrected chi connectivity index (χ1v) is 12.4. The molecule has 2 aliphatic rings. The van der Waals surface area contributed by atoms with Gasteiger partial charge in [0.25, 0.3) is 5.91 Å². The molecular weight excluding hydrogens is 452 g/mol. The number of anilines is 1. The Balaban J connectivity index is 1.16. The maximum Gasteiger partial charge on any atom is 0.255 e. The average molecular weight is 483 g/mol. The van der Waals surface area contributed by atoms with Gasteiger partial charge in [0.15, 0.2) is 0 Å². The van der Waals surface area contributed by atoms with Gasteiger partial charge in [-0.05, 0) is 41.7 Å². The third kappa shape index (κ3) is 5.10. The summed E-state index contributed by atoms with van der Waals surface area (Å²) >= 11 is 0. The lowest BCUT2D eigenvalue weighted by Crippen LogP contribution is -2.43. The molecule has 3 amide bonds. The van der Waals surface area contributed by atoms with Gasteiger partial charge in [0.2, 0.25) is 11.8 Å². The molecule has 1 saturated heterocycles. The van der Waals surface area contributed by atoms with Crippen molar-refractivity contribution in [2.45, 2.75) is 19.0 Å². The lowest BCUT2D eigenvalue weighted by atomic mass is 10.0. The number of para-hydroxylation sites is 1. The van der Waals surface area contributed by atoms with Crippen LogP contribution in [-0.4, -0.2) is 48.8 Å². The van der Waals surface area contributed by atoms with Gasteiger partial charge in [-0.3, -0.25) is 14.4 Å². The van der Waals surface area contributed by atoms with Crippen molar-refractivity contribution in [1.29, 1.82) is 0 Å². The largest absolute Gasteiger partial charge is 0.371 e. The van der Waals surface area contributed by atoms with Crippen LogP contribution >= 0.6 is 0 Å². The Hall–Kier alpha value is -4.13. The van der Waals surface area contributed by atoms with E-state index in [1.54, 1.807) is 23.1 Å². The van der Waals surface area contributed by atoms with E-state index < -0.39 is 6.04 Å². The molecule has 2 N–H and O–H groups in total. The molecule has 0 saturated carbocycles. The molecule has 3 aromatic carbocycles. The maximum atomic E-state index is 13.2. The summed E-state index contributed by atoms with van der Waals surface area (Å²) < 4.78 is 0. The summed E-state index contributed by atoms with van der Waals surface area (Å²) in [5, 5.41) is 5.72. The second kappa shape index (κ2) is 10.6. The summed E-state index contributed by atoms with van der Waals surface area (Å²) in [7, 11) is 0. The van der Waals surface area contributed by atoms with Gasteiger partial charge in [-0.2, -0.15) is 0 Å². The molecule has 0 bridgehead atoms. The predicted molar refractivity (Wildman–Crippen MR) is 138 cm³/mol. The van der Waals surface area contributed by atoms with Crippen molar-refractivity contribution in [3.8, 4) is 0 Å². The summed E-state index contributed by atoms with van der Waals surface area (Å²) in [5.41, 5.74) is 3.34. The maximum absolute atomic E-state index is 13.2. The van der Waals surface area contributed by atoms with Gasteiger partial charge in [-0.15, -0.1) is 0 Å². The van der Waals surface area contributed by atoms with Crippen LogP contribution in [0.1, 0.15) is 33.9 Å². The molecule has 0 aliphatic carbocycles. The molecule has 0 spiro atoms. The number of hydrogen-bond donors (Lipinski definition) is 2. The van der Waals surface area contributed by atoms with Gasteiger partial charge in [0.05, 0.1) is 6.54 Å². The average Bonchev–Trinajstić information content (AvgIpc) is 3.50. The Bertz CT molecular complexity index is 1230. The number of hydrogen-bond acceptors (Lipinski definition) is 4. The Kier molecular flexibility index (Phi) is 6.98. The first-order chi connectivity index (χ1) is 17.6. The Labute approximate surface area is 211 Å². The molecule has 5 rings (SSSR count). The quantitative estimate of drug-likeness (QED) is 0.517. The highest BCUT2D eigenvalue weighted by molar-refractivity contribution is 6.05. The molecule has 2 atom stereocenters. The zero-order chi connectivity index (χ0) is 24.9. The molecule has 7 nitrogen and oxygen atoms in total. The third-order valence-electron chi connectivity index (χ3n) is 6.92. The number of rotatable bonds is 8. The van der Waals surface area contributed by atoms with E-state index >= 15 is 0 Å². The zero-order valence-corrected chi connectivity index (χ0v) is 20.1. The SMILES string of the molecule is O=C(CNC(=O)C1c2ccccc2C(=O)N1Cc1ccccc1)NCC1CCN(c2ccccc2)C1. The van der Waals surface area contributed by atoms with E-state index in [1.165, 1.54) is 5.69 Å². The van der Waals surface area contributed by atoms with Crippen LogP contribution in [0.15, 0.2) is 84.9 Å². The van der Waals surface area contributed by atoms with Crippen LogP contribution in [0, 0.1) is 5.92 Å². The Morgan fingerprint density at radius 2 is 1.56 bits per heavy atom. The molecule has 0 aromatic heterocycles. The molecule has 3 aromatic rings. The molecule has 1 fully saturated rings. The van der Waals surface area contributed by atoms with E-state index in [-0.39, 0.29) is 24.3 Å². The van der Waals surface area contributed by atoms with E-state index in [2.05, 4.69) is 27.7 Å². The summed E-state index contributed by atoms with van der Waals surface area (Å²) in [6, 6.07) is 26.3. The highest BCUT2D eigenvalue weighted by Crippen LogP contribution is 2.35. The van der Waals surface area contributed by atoms with Gasteiger partial charge in [-0.1, -0.05) is 66.7 Å². The molecule has 0 radical (unpaired) electrons. The first-order valence-electron chi connectivity index (χ1n) is 12.4. The van der Waals surface area contributed by atoms with Crippen LogP contribution in [0.2, 0.25) is 0 Å². The van der Waals surface area contributed by atoms with Crippen molar-refractivity contribution >= 4 is 23.4 Å². The van der Waals surface area contributed by atoms with Crippen LogP contribution in [0.5, 0.6) is 0 Å². The van der Waals surface area contributed by atoms with Gasteiger partial charge >= 0.3 is 0 Å². The van der Waals surface area contributed by atoms with Crippen LogP contribution < -0.4 is 15.5 Å². The zero-order valence-electron chi connectivity index (χ0n) is 20.1. The molecule has 36 heavy (non-hydrogen) atoms. The van der Waals surface area contributed by atoms with E-state index in [0.717, 1.165) is 25.1 Å². The van der Waals surface area contributed by atoms with Gasteiger partial charge in [0.1, 0.15) is 6.04 Å². The van der Waals surface area contributed by atoms with E-state index in [0.29, 0.717) is 30.1 Å². The third-order valence-corrected chi connectivity index (χ3v) is 6.92. The molecule has 2 heterocycles. The van der Waals surface area contributed by atoms with Crippen molar-refractivity contribution in [2.75, 3.05) is 31.1 Å². The molecule has 7 heteroatoms. The number of nitrogens with one attached hydrogen (secondary N) is 2. The van der Waals surface area contributed by atoms with Crippen molar-refractivity contribution < 1.29 is 14.4 Å². The number of carbonyl (C=O) groups is 3. The molecular formula is C29H30N4O3. The van der Waals surface area contributed by atoms with E-state index in [4.69, 9.17) is 0 Å². The van der Waals surface area contributed by atoms with Crippen LogP contribution in [-0.2, 0) is 16.1 Å². The van der Waals surface area contributed by atoms with Gasteiger partial charge < -0.3 is 20.4 Å². The second-order valence-electron chi connectivity index (χ2n) is 9.37. The Morgan fingerprint density at radius 1 is 0.861 bits per heavy atom. The van der Waals surface area contributed by atoms with Crippen LogP contribution in [0.25, 0.3) is 0 Å². The van der Waals surface area contributed by atoms with Crippen LogP contribution in [0.4, 0.5) is 5.69 Å². The molecule has 2 aliphatic heterocycles. The number of fused-ring (bicyclic) bond motifs is 1. The lowest BCUT2D eigenvalue weighted by molar-refractivity contribution is -0.129. The number of benzene rings is 3. The van der Waals surface area contributed by atoms with E-state index in [9.17, 15) is 14.4 Å². The summed E-state index contributed by atoms with van der Waals surface area (Å²) in [6.45, 7) is 2.63. The minimum Gasteiger partial charge on any atom is -0.371 e. The second-order valence-corrected chi connectivity index (χ2v) is 9.37. The summed E-state index contributed by atoms with van der Waals surface area (Å²) in [6.07, 6.45) is 1.01. The summed E-state index contributed by atoms with van der Waals surface area (Å²) in [4.78, 5) is 42.8. The fraction of sp³-hybridized carbons (Fsp3) is 0.276.